The molecule has 1 amide bonds. The van der Waals surface area contributed by atoms with Crippen LogP contribution in [0.25, 0.3) is 4.96 Å². The number of aromatic hydroxyl groups is 1. The van der Waals surface area contributed by atoms with Gasteiger partial charge in [0.25, 0.3) is 11.5 Å². The van der Waals surface area contributed by atoms with Crippen LogP contribution in [0.15, 0.2) is 4.79 Å². The fraction of sp³-hybridized carbons (Fsp3) is 0.529. The Morgan fingerprint density at radius 3 is 2.65 bits per heavy atom. The number of aryl methyl sites for hydroxylation is 1. The lowest BCUT2D eigenvalue weighted by Crippen LogP contribution is -2.35. The quantitative estimate of drug-likeness (QED) is 0.725. The second-order valence-electron chi connectivity index (χ2n) is 6.67. The van der Waals surface area contributed by atoms with Gasteiger partial charge < -0.3 is 15.5 Å². The lowest BCUT2D eigenvalue weighted by molar-refractivity contribution is -0.135. The SMILES string of the molecule is CCC1(CC)CCc2c(sc3nc(O)c(C(=O)NCC(=O)O)c(=O)n23)C1. The highest BCUT2D eigenvalue weighted by molar-refractivity contribution is 7.17. The minimum Gasteiger partial charge on any atom is -0.492 e. The van der Waals surface area contributed by atoms with Crippen molar-refractivity contribution in [3.05, 3.63) is 26.5 Å². The van der Waals surface area contributed by atoms with Crippen LogP contribution in [-0.4, -0.2) is 38.0 Å². The summed E-state index contributed by atoms with van der Waals surface area (Å²) in [6, 6.07) is 0. The van der Waals surface area contributed by atoms with Gasteiger partial charge in [-0.25, -0.2) is 0 Å². The number of amides is 1. The molecule has 8 nitrogen and oxygen atoms in total. The highest BCUT2D eigenvalue weighted by atomic mass is 32.1. The highest BCUT2D eigenvalue weighted by Gasteiger charge is 2.35. The largest absolute Gasteiger partial charge is 0.492 e. The Morgan fingerprint density at radius 1 is 1.35 bits per heavy atom. The molecule has 0 unspecified atom stereocenters. The zero-order chi connectivity index (χ0) is 19.1. The lowest BCUT2D eigenvalue weighted by Gasteiger charge is -2.35. The van der Waals surface area contributed by atoms with Crippen LogP contribution in [0.3, 0.4) is 0 Å². The molecule has 1 aliphatic rings. The van der Waals surface area contributed by atoms with Gasteiger partial charge in [0.2, 0.25) is 5.88 Å². The van der Waals surface area contributed by atoms with Crippen LogP contribution < -0.4 is 10.9 Å². The predicted octanol–water partition coefficient (Wildman–Crippen LogP) is 1.57. The second-order valence-corrected chi connectivity index (χ2v) is 7.73. The smallest absolute Gasteiger partial charge is 0.322 e. The van der Waals surface area contributed by atoms with Crippen LogP contribution in [0.4, 0.5) is 0 Å². The van der Waals surface area contributed by atoms with E-state index in [9.17, 15) is 19.5 Å². The minimum absolute atomic E-state index is 0.210. The van der Waals surface area contributed by atoms with Gasteiger partial charge in [0, 0.05) is 10.6 Å². The second kappa shape index (κ2) is 6.71. The molecule has 0 atom stereocenters. The average molecular weight is 379 g/mol. The molecule has 1 aliphatic carbocycles. The van der Waals surface area contributed by atoms with E-state index in [1.807, 2.05) is 0 Å². The molecule has 140 valence electrons. The summed E-state index contributed by atoms with van der Waals surface area (Å²) in [5.74, 6) is -2.85. The van der Waals surface area contributed by atoms with Gasteiger partial charge in [-0.2, -0.15) is 4.98 Å². The molecule has 3 rings (SSSR count). The number of carboxylic acids is 1. The summed E-state index contributed by atoms with van der Waals surface area (Å²) in [5.41, 5.74) is -0.130. The highest BCUT2D eigenvalue weighted by Crippen LogP contribution is 2.43. The molecule has 2 aromatic rings. The number of carbonyl (C=O) groups is 2. The molecule has 0 spiro atoms. The maximum absolute atomic E-state index is 12.8. The number of fused-ring (bicyclic) bond motifs is 3. The van der Waals surface area contributed by atoms with Crippen molar-refractivity contribution >= 4 is 28.2 Å². The average Bonchev–Trinajstić information content (AvgIpc) is 2.96. The fourth-order valence-electron chi connectivity index (χ4n) is 3.59. The van der Waals surface area contributed by atoms with Crippen molar-refractivity contribution in [2.45, 2.75) is 46.0 Å². The molecule has 26 heavy (non-hydrogen) atoms. The Bertz CT molecular complexity index is 942. The van der Waals surface area contributed by atoms with E-state index in [-0.39, 0.29) is 5.41 Å². The van der Waals surface area contributed by atoms with Crippen molar-refractivity contribution in [2.24, 2.45) is 5.41 Å². The summed E-state index contributed by atoms with van der Waals surface area (Å²) >= 11 is 1.37. The molecular weight excluding hydrogens is 358 g/mol. The first kappa shape index (κ1) is 18.4. The van der Waals surface area contributed by atoms with Gasteiger partial charge in [0.15, 0.2) is 10.5 Å². The number of rotatable bonds is 5. The van der Waals surface area contributed by atoms with Crippen LogP contribution in [0, 0.1) is 5.41 Å². The van der Waals surface area contributed by atoms with E-state index in [2.05, 4.69) is 24.1 Å². The van der Waals surface area contributed by atoms with Gasteiger partial charge in [0.1, 0.15) is 6.54 Å². The maximum atomic E-state index is 12.8. The monoisotopic (exact) mass is 379 g/mol. The Hall–Kier alpha value is -2.42. The summed E-state index contributed by atoms with van der Waals surface area (Å²) in [6.07, 6.45) is 4.61. The van der Waals surface area contributed by atoms with Crippen molar-refractivity contribution in [3.8, 4) is 5.88 Å². The molecule has 0 saturated heterocycles. The number of carboxylic acid groups (broad SMARTS) is 1. The van der Waals surface area contributed by atoms with Crippen LogP contribution in [-0.2, 0) is 17.6 Å². The van der Waals surface area contributed by atoms with Gasteiger partial charge in [-0.1, -0.05) is 26.7 Å². The van der Waals surface area contributed by atoms with Crippen molar-refractivity contribution in [1.82, 2.24) is 14.7 Å². The van der Waals surface area contributed by atoms with E-state index >= 15 is 0 Å². The number of aromatic nitrogens is 2. The van der Waals surface area contributed by atoms with E-state index in [1.165, 1.54) is 15.7 Å². The third kappa shape index (κ3) is 2.96. The molecule has 0 aliphatic heterocycles. The number of nitrogens with one attached hydrogen (secondary N) is 1. The van der Waals surface area contributed by atoms with E-state index in [4.69, 9.17) is 5.11 Å². The molecule has 2 aromatic heterocycles. The molecule has 0 saturated carbocycles. The van der Waals surface area contributed by atoms with Crippen molar-refractivity contribution < 1.29 is 19.8 Å². The molecule has 0 radical (unpaired) electrons. The molecule has 0 fully saturated rings. The molecule has 0 aromatic carbocycles. The summed E-state index contributed by atoms with van der Waals surface area (Å²) < 4.78 is 1.39. The fourth-order valence-corrected chi connectivity index (χ4v) is 4.92. The number of hydrogen-bond acceptors (Lipinski definition) is 6. The standard InChI is InChI=1S/C17H21N3O5S/c1-3-17(4-2)6-5-9-10(7-17)26-16-19-14(24)12(15(25)20(9)16)13(23)18-8-11(21)22/h24H,3-8H2,1-2H3,(H,18,23)(H,21,22). The van der Waals surface area contributed by atoms with E-state index in [0.29, 0.717) is 11.4 Å². The third-order valence-corrected chi connectivity index (χ3v) is 6.48. The van der Waals surface area contributed by atoms with E-state index < -0.39 is 35.4 Å². The van der Waals surface area contributed by atoms with Crippen LogP contribution in [0.2, 0.25) is 0 Å². The number of thiazole rings is 1. The topological polar surface area (TPSA) is 121 Å². The predicted molar refractivity (Wildman–Crippen MR) is 96.0 cm³/mol. The normalized spacial score (nSPS) is 15.6. The summed E-state index contributed by atoms with van der Waals surface area (Å²) in [7, 11) is 0. The van der Waals surface area contributed by atoms with Crippen LogP contribution in [0.5, 0.6) is 5.88 Å². The summed E-state index contributed by atoms with van der Waals surface area (Å²) in [6.45, 7) is 3.70. The Morgan fingerprint density at radius 2 is 2.04 bits per heavy atom. The van der Waals surface area contributed by atoms with Gasteiger partial charge in [-0.3, -0.25) is 18.8 Å². The van der Waals surface area contributed by atoms with Crippen molar-refractivity contribution in [1.29, 1.82) is 0 Å². The Labute approximate surface area is 153 Å². The van der Waals surface area contributed by atoms with Crippen molar-refractivity contribution in [3.63, 3.8) is 0 Å². The number of nitrogens with zero attached hydrogens (tertiary/aromatic N) is 2. The van der Waals surface area contributed by atoms with E-state index in [0.717, 1.165) is 36.3 Å². The van der Waals surface area contributed by atoms with Gasteiger partial charge in [-0.15, -0.1) is 11.3 Å². The summed E-state index contributed by atoms with van der Waals surface area (Å²) in [4.78, 5) is 41.0. The Kier molecular flexibility index (Phi) is 4.74. The Balaban J connectivity index is 2.09. The van der Waals surface area contributed by atoms with Crippen molar-refractivity contribution in [2.75, 3.05) is 6.54 Å². The number of carbonyl (C=O) groups excluding carboxylic acids is 1. The summed E-state index contributed by atoms with van der Waals surface area (Å²) in [5, 5.41) is 20.8. The first-order chi connectivity index (χ1) is 12.3. The molecule has 0 bridgehead atoms. The zero-order valence-electron chi connectivity index (χ0n) is 14.7. The molecule has 2 heterocycles. The minimum atomic E-state index is -1.24. The molecule has 3 N–H and O–H groups in total. The van der Waals surface area contributed by atoms with Gasteiger partial charge >= 0.3 is 5.97 Å². The molecular formula is C17H21N3O5S. The van der Waals surface area contributed by atoms with Crippen LogP contribution in [0.1, 0.15) is 54.0 Å². The van der Waals surface area contributed by atoms with Gasteiger partial charge in [0.05, 0.1) is 0 Å². The van der Waals surface area contributed by atoms with Crippen LogP contribution >= 0.6 is 11.3 Å². The maximum Gasteiger partial charge on any atom is 0.322 e. The first-order valence-corrected chi connectivity index (χ1v) is 9.40. The third-order valence-electron chi connectivity index (χ3n) is 5.39. The first-order valence-electron chi connectivity index (χ1n) is 8.58. The molecule has 9 heteroatoms. The number of aliphatic carboxylic acids is 1. The zero-order valence-corrected chi connectivity index (χ0v) is 15.5. The number of hydrogen-bond donors (Lipinski definition) is 3. The lowest BCUT2D eigenvalue weighted by atomic mass is 9.71. The van der Waals surface area contributed by atoms with E-state index in [1.54, 1.807) is 0 Å². The van der Waals surface area contributed by atoms with Gasteiger partial charge in [-0.05, 0) is 24.7 Å².